The van der Waals surface area contributed by atoms with E-state index in [9.17, 15) is 4.79 Å². The maximum absolute atomic E-state index is 11.4. The van der Waals surface area contributed by atoms with E-state index in [4.69, 9.17) is 5.73 Å². The van der Waals surface area contributed by atoms with E-state index in [1.807, 2.05) is 6.07 Å². The van der Waals surface area contributed by atoms with Gasteiger partial charge in [-0.1, -0.05) is 6.07 Å². The molecule has 4 heteroatoms. The number of nitrogens with zero attached hydrogens (tertiary/aromatic N) is 2. The van der Waals surface area contributed by atoms with Crippen LogP contribution >= 0.6 is 0 Å². The smallest absolute Gasteiger partial charge is 0.243 e. The second kappa shape index (κ2) is 3.75. The van der Waals surface area contributed by atoms with E-state index >= 15 is 0 Å². The number of nitrogens with two attached hydrogens (primary N) is 1. The normalized spacial score (nSPS) is 15.1. The summed E-state index contributed by atoms with van der Waals surface area (Å²) in [5.74, 6) is -0.402. The third kappa shape index (κ3) is 1.61. The van der Waals surface area contributed by atoms with Gasteiger partial charge in [-0.15, -0.1) is 0 Å². The largest absolute Gasteiger partial charge is 0.368 e. The number of rotatable bonds is 3. The van der Waals surface area contributed by atoms with Crippen molar-refractivity contribution in [2.24, 2.45) is 5.73 Å². The Morgan fingerprint density at radius 3 is 2.50 bits per heavy atom. The molecule has 1 atom stereocenters. The monoisotopic (exact) mass is 193 g/mol. The lowest BCUT2D eigenvalue weighted by Gasteiger charge is -2.32. The highest BCUT2D eigenvalue weighted by Gasteiger charge is 2.36. The van der Waals surface area contributed by atoms with Crippen molar-refractivity contribution in [2.75, 3.05) is 14.1 Å². The molecule has 0 radical (unpaired) electrons. The molecule has 0 aromatic carbocycles. The average molecular weight is 193 g/mol. The van der Waals surface area contributed by atoms with Gasteiger partial charge in [0.1, 0.15) is 5.54 Å². The SMILES string of the molecule is CN(C)C(C)(C(N)=O)c1ccccn1. The van der Waals surface area contributed by atoms with Gasteiger partial charge in [0.25, 0.3) is 0 Å². The van der Waals surface area contributed by atoms with E-state index in [1.54, 1.807) is 44.2 Å². The van der Waals surface area contributed by atoms with Crippen LogP contribution < -0.4 is 5.73 Å². The van der Waals surface area contributed by atoms with Crippen LogP contribution in [0.25, 0.3) is 0 Å². The highest BCUT2D eigenvalue weighted by Crippen LogP contribution is 2.23. The molecule has 0 fully saturated rings. The van der Waals surface area contributed by atoms with Crippen molar-refractivity contribution in [3.8, 4) is 0 Å². The van der Waals surface area contributed by atoms with Gasteiger partial charge < -0.3 is 5.73 Å². The molecule has 1 aromatic heterocycles. The average Bonchev–Trinajstić information content (AvgIpc) is 2.17. The first kappa shape index (κ1) is 10.7. The number of pyridine rings is 1. The van der Waals surface area contributed by atoms with E-state index in [2.05, 4.69) is 4.98 Å². The van der Waals surface area contributed by atoms with Crippen LogP contribution in [0.2, 0.25) is 0 Å². The van der Waals surface area contributed by atoms with Gasteiger partial charge in [0.2, 0.25) is 5.91 Å². The summed E-state index contributed by atoms with van der Waals surface area (Å²) in [6, 6.07) is 5.44. The number of carbonyl (C=O) groups is 1. The van der Waals surface area contributed by atoms with Crippen molar-refractivity contribution in [1.29, 1.82) is 0 Å². The predicted octanol–water partition coefficient (Wildman–Crippen LogP) is 0.344. The highest BCUT2D eigenvalue weighted by atomic mass is 16.1. The Morgan fingerprint density at radius 2 is 2.14 bits per heavy atom. The molecule has 0 spiro atoms. The molecule has 1 unspecified atom stereocenters. The first-order chi connectivity index (χ1) is 6.49. The van der Waals surface area contributed by atoms with Crippen LogP contribution in [0.1, 0.15) is 12.6 Å². The lowest BCUT2D eigenvalue weighted by Crippen LogP contribution is -2.50. The van der Waals surface area contributed by atoms with Crippen LogP contribution in [0.3, 0.4) is 0 Å². The molecule has 0 saturated carbocycles. The van der Waals surface area contributed by atoms with Crippen LogP contribution in [0.4, 0.5) is 0 Å². The molecule has 1 rings (SSSR count). The third-order valence-electron chi connectivity index (χ3n) is 2.54. The summed E-state index contributed by atoms with van der Waals surface area (Å²) in [5, 5.41) is 0. The second-order valence-corrected chi connectivity index (χ2v) is 3.55. The molecule has 4 nitrogen and oxygen atoms in total. The van der Waals surface area contributed by atoms with Crippen LogP contribution in [0.15, 0.2) is 24.4 Å². The number of carbonyl (C=O) groups excluding carboxylic acids is 1. The van der Waals surface area contributed by atoms with Gasteiger partial charge in [0, 0.05) is 6.20 Å². The fourth-order valence-electron chi connectivity index (χ4n) is 1.23. The minimum absolute atomic E-state index is 0.402. The Labute approximate surface area is 83.7 Å². The van der Waals surface area contributed by atoms with Crippen molar-refractivity contribution >= 4 is 5.91 Å². The molecule has 0 bridgehead atoms. The molecular weight excluding hydrogens is 178 g/mol. The molecule has 1 aromatic rings. The van der Waals surface area contributed by atoms with Gasteiger partial charge in [-0.25, -0.2) is 0 Å². The minimum atomic E-state index is -0.846. The molecular formula is C10H15N3O. The Bertz CT molecular complexity index is 323. The van der Waals surface area contributed by atoms with Crippen LogP contribution in [0.5, 0.6) is 0 Å². The topological polar surface area (TPSA) is 59.2 Å². The first-order valence-corrected chi connectivity index (χ1v) is 4.38. The van der Waals surface area contributed by atoms with Crippen molar-refractivity contribution in [3.63, 3.8) is 0 Å². The number of aromatic nitrogens is 1. The molecule has 0 aliphatic heterocycles. The quantitative estimate of drug-likeness (QED) is 0.753. The van der Waals surface area contributed by atoms with E-state index < -0.39 is 11.4 Å². The lowest BCUT2D eigenvalue weighted by atomic mass is 9.95. The summed E-state index contributed by atoms with van der Waals surface area (Å²) in [6.45, 7) is 1.76. The zero-order chi connectivity index (χ0) is 10.8. The van der Waals surface area contributed by atoms with Gasteiger partial charge >= 0.3 is 0 Å². The highest BCUT2D eigenvalue weighted by molar-refractivity contribution is 5.85. The van der Waals surface area contributed by atoms with E-state index in [1.165, 1.54) is 0 Å². The molecule has 2 N–H and O–H groups in total. The maximum atomic E-state index is 11.4. The summed E-state index contributed by atoms with van der Waals surface area (Å²) in [4.78, 5) is 17.3. The van der Waals surface area contributed by atoms with Crippen molar-refractivity contribution in [2.45, 2.75) is 12.5 Å². The van der Waals surface area contributed by atoms with E-state index in [-0.39, 0.29) is 0 Å². The van der Waals surface area contributed by atoms with Gasteiger partial charge in [-0.3, -0.25) is 14.7 Å². The van der Waals surface area contributed by atoms with Gasteiger partial charge in [-0.05, 0) is 33.2 Å². The Morgan fingerprint density at radius 1 is 1.50 bits per heavy atom. The minimum Gasteiger partial charge on any atom is -0.368 e. The fraction of sp³-hybridized carbons (Fsp3) is 0.400. The maximum Gasteiger partial charge on any atom is 0.243 e. The van der Waals surface area contributed by atoms with Gasteiger partial charge in [0.05, 0.1) is 5.69 Å². The van der Waals surface area contributed by atoms with Crippen molar-refractivity contribution in [1.82, 2.24) is 9.88 Å². The molecule has 14 heavy (non-hydrogen) atoms. The van der Waals surface area contributed by atoms with Crippen LogP contribution in [-0.4, -0.2) is 29.9 Å². The number of hydrogen-bond donors (Lipinski definition) is 1. The molecule has 0 aliphatic rings. The van der Waals surface area contributed by atoms with Crippen molar-refractivity contribution < 1.29 is 4.79 Å². The Balaban J connectivity index is 3.20. The fourth-order valence-corrected chi connectivity index (χ4v) is 1.23. The Kier molecular flexibility index (Phi) is 2.86. The van der Waals surface area contributed by atoms with Crippen LogP contribution in [0, 0.1) is 0 Å². The number of amides is 1. The molecule has 0 aliphatic carbocycles. The summed E-state index contributed by atoms with van der Waals surface area (Å²) in [5.41, 5.74) is 5.20. The standard InChI is InChI=1S/C10H15N3O/c1-10(9(11)14,13(2)3)8-6-4-5-7-12-8/h4-7H,1-3H3,(H2,11,14). The summed E-state index contributed by atoms with van der Waals surface area (Å²) < 4.78 is 0. The van der Waals surface area contributed by atoms with Gasteiger partial charge in [-0.2, -0.15) is 0 Å². The lowest BCUT2D eigenvalue weighted by molar-refractivity contribution is -0.128. The van der Waals surface area contributed by atoms with Crippen LogP contribution in [-0.2, 0) is 10.3 Å². The number of primary amides is 1. The number of hydrogen-bond acceptors (Lipinski definition) is 3. The zero-order valence-corrected chi connectivity index (χ0v) is 8.69. The summed E-state index contributed by atoms with van der Waals surface area (Å²) in [6.07, 6.45) is 1.65. The Hall–Kier alpha value is -1.42. The van der Waals surface area contributed by atoms with Crippen molar-refractivity contribution in [3.05, 3.63) is 30.1 Å². The van der Waals surface area contributed by atoms with E-state index in [0.29, 0.717) is 5.69 Å². The van der Waals surface area contributed by atoms with E-state index in [0.717, 1.165) is 0 Å². The van der Waals surface area contributed by atoms with Gasteiger partial charge in [0.15, 0.2) is 0 Å². The molecule has 0 saturated heterocycles. The zero-order valence-electron chi connectivity index (χ0n) is 8.69. The summed E-state index contributed by atoms with van der Waals surface area (Å²) in [7, 11) is 3.61. The summed E-state index contributed by atoms with van der Waals surface area (Å²) >= 11 is 0. The second-order valence-electron chi connectivity index (χ2n) is 3.55. The molecule has 1 heterocycles. The predicted molar refractivity (Wildman–Crippen MR) is 54.5 cm³/mol. The molecule has 1 amide bonds. The third-order valence-corrected chi connectivity index (χ3v) is 2.54. The molecule has 76 valence electrons. The first-order valence-electron chi connectivity index (χ1n) is 4.38. The number of likely N-dealkylation sites (N-methyl/N-ethyl adjacent to an activating group) is 1.